The summed E-state index contributed by atoms with van der Waals surface area (Å²) in [5.41, 5.74) is 1.69. The molecule has 210 valence electrons. The minimum absolute atomic E-state index is 0.00730. The Balaban J connectivity index is 1.52. The zero-order valence-electron chi connectivity index (χ0n) is 22.9. The van der Waals surface area contributed by atoms with Gasteiger partial charge < -0.3 is 19.7 Å². The third-order valence-electron chi connectivity index (χ3n) is 6.58. The van der Waals surface area contributed by atoms with E-state index in [2.05, 4.69) is 29.1 Å². The Labute approximate surface area is 229 Å². The molecule has 1 fully saturated rings. The molecule has 1 aliphatic rings. The fourth-order valence-electron chi connectivity index (χ4n) is 4.52. The predicted molar refractivity (Wildman–Crippen MR) is 147 cm³/mol. The lowest BCUT2D eigenvalue weighted by Gasteiger charge is -2.40. The molecular weight excluding hydrogens is 522 g/mol. The molecule has 0 bridgehead atoms. The number of sulfonamides is 1. The summed E-state index contributed by atoms with van der Waals surface area (Å²) < 4.78 is 38.9. The molecule has 39 heavy (non-hydrogen) atoms. The first kappa shape index (κ1) is 28.3. The zero-order valence-corrected chi connectivity index (χ0v) is 23.7. The molecular formula is C26H35N7O5S. The van der Waals surface area contributed by atoms with Crippen LogP contribution in [0.1, 0.15) is 37.4 Å². The third kappa shape index (κ3) is 6.84. The molecule has 1 amide bonds. The molecule has 1 aromatic carbocycles. The quantitative estimate of drug-likeness (QED) is 0.397. The normalized spacial score (nSPS) is 16.4. The van der Waals surface area contributed by atoms with Crippen LogP contribution in [-0.4, -0.2) is 84.3 Å². The lowest BCUT2D eigenvalue weighted by Crippen LogP contribution is -2.56. The van der Waals surface area contributed by atoms with E-state index in [9.17, 15) is 13.2 Å². The van der Waals surface area contributed by atoms with Crippen LogP contribution in [-0.2, 0) is 21.4 Å². The molecule has 1 aliphatic heterocycles. The Bertz CT molecular complexity index is 1400. The van der Waals surface area contributed by atoms with Crippen LogP contribution in [0.5, 0.6) is 11.5 Å². The average Bonchev–Trinajstić information content (AvgIpc) is 3.46. The van der Waals surface area contributed by atoms with Crippen LogP contribution in [0.15, 0.2) is 43.0 Å². The Morgan fingerprint density at radius 2 is 1.90 bits per heavy atom. The van der Waals surface area contributed by atoms with Crippen LogP contribution in [0.25, 0.3) is 5.95 Å². The number of carbonyl (C=O) groups excluding carboxylic acids is 1. The van der Waals surface area contributed by atoms with Crippen LogP contribution in [0.2, 0.25) is 0 Å². The first-order valence-corrected chi connectivity index (χ1v) is 14.5. The van der Waals surface area contributed by atoms with E-state index < -0.39 is 16.1 Å². The van der Waals surface area contributed by atoms with E-state index in [0.717, 1.165) is 11.3 Å². The summed E-state index contributed by atoms with van der Waals surface area (Å²) in [6.07, 6.45) is 6.25. The summed E-state index contributed by atoms with van der Waals surface area (Å²) in [6, 6.07) is 6.77. The lowest BCUT2D eigenvalue weighted by atomic mass is 10.1. The van der Waals surface area contributed by atoms with Crippen molar-refractivity contribution in [2.45, 2.75) is 38.8 Å². The summed E-state index contributed by atoms with van der Waals surface area (Å²) in [6.45, 7) is 5.37. The SMILES string of the molecule is COc1ccc(CNC(=O)CC2CN(c3cc(C(C)C)nc(-n4ccnc4)n3)CCN2S(C)(=O)=O)cc1OC. The van der Waals surface area contributed by atoms with Gasteiger partial charge in [-0.25, -0.2) is 18.4 Å². The first-order valence-electron chi connectivity index (χ1n) is 12.7. The number of carbonyl (C=O) groups is 1. The molecule has 2 aromatic heterocycles. The monoisotopic (exact) mass is 557 g/mol. The highest BCUT2D eigenvalue weighted by molar-refractivity contribution is 7.88. The Kier molecular flexibility index (Phi) is 8.70. The number of methoxy groups -OCH3 is 2. The number of nitrogens with zero attached hydrogens (tertiary/aromatic N) is 6. The number of aromatic nitrogens is 4. The molecule has 0 spiro atoms. The Morgan fingerprint density at radius 3 is 2.54 bits per heavy atom. The van der Waals surface area contributed by atoms with Gasteiger partial charge in [0.1, 0.15) is 12.1 Å². The highest BCUT2D eigenvalue weighted by Gasteiger charge is 2.35. The second-order valence-corrected chi connectivity index (χ2v) is 11.7. The number of rotatable bonds is 10. The van der Waals surface area contributed by atoms with Crippen molar-refractivity contribution in [3.8, 4) is 17.4 Å². The molecule has 12 nitrogen and oxygen atoms in total. The highest BCUT2D eigenvalue weighted by Crippen LogP contribution is 2.28. The van der Waals surface area contributed by atoms with Crippen LogP contribution in [0.4, 0.5) is 5.82 Å². The van der Waals surface area contributed by atoms with E-state index in [1.165, 1.54) is 10.6 Å². The van der Waals surface area contributed by atoms with Gasteiger partial charge in [0.25, 0.3) is 0 Å². The summed E-state index contributed by atoms with van der Waals surface area (Å²) in [5.74, 6) is 2.24. The van der Waals surface area contributed by atoms with Gasteiger partial charge in [-0.15, -0.1) is 0 Å². The third-order valence-corrected chi connectivity index (χ3v) is 7.92. The van der Waals surface area contributed by atoms with Crippen molar-refractivity contribution in [1.29, 1.82) is 0 Å². The summed E-state index contributed by atoms with van der Waals surface area (Å²) in [4.78, 5) is 28.5. The summed E-state index contributed by atoms with van der Waals surface area (Å²) >= 11 is 0. The topological polar surface area (TPSA) is 132 Å². The van der Waals surface area contributed by atoms with Crippen LogP contribution >= 0.6 is 0 Å². The van der Waals surface area contributed by atoms with E-state index >= 15 is 0 Å². The number of hydrogen-bond donors (Lipinski definition) is 1. The van der Waals surface area contributed by atoms with Gasteiger partial charge in [-0.05, 0) is 23.6 Å². The maximum absolute atomic E-state index is 13.0. The zero-order chi connectivity index (χ0) is 28.2. The minimum Gasteiger partial charge on any atom is -0.493 e. The predicted octanol–water partition coefficient (Wildman–Crippen LogP) is 1.96. The largest absolute Gasteiger partial charge is 0.493 e. The molecule has 4 rings (SSSR count). The van der Waals surface area contributed by atoms with Gasteiger partial charge in [-0.2, -0.15) is 9.29 Å². The highest BCUT2D eigenvalue weighted by atomic mass is 32.2. The van der Waals surface area contributed by atoms with Crippen molar-refractivity contribution >= 4 is 21.7 Å². The van der Waals surface area contributed by atoms with Crippen molar-refractivity contribution in [3.63, 3.8) is 0 Å². The number of piperazine rings is 1. The van der Waals surface area contributed by atoms with Crippen molar-refractivity contribution in [1.82, 2.24) is 29.1 Å². The van der Waals surface area contributed by atoms with Crippen LogP contribution in [0, 0.1) is 0 Å². The number of imidazole rings is 1. The van der Waals surface area contributed by atoms with Crippen molar-refractivity contribution in [2.24, 2.45) is 0 Å². The van der Waals surface area contributed by atoms with E-state index in [4.69, 9.17) is 14.5 Å². The standard InChI is InChI=1S/C26H35N7O5S/c1-18(2)21-14-24(30-26(29-21)32-9-8-27-17-32)31-10-11-33(39(5,35)36)20(16-31)13-25(34)28-15-19-6-7-22(37-3)23(12-19)38-4/h6-9,12,14,17-18,20H,10-11,13,15-16H2,1-5H3,(H,28,34). The molecule has 3 heterocycles. The average molecular weight is 558 g/mol. The van der Waals surface area contributed by atoms with Crippen molar-refractivity contribution in [3.05, 3.63) is 54.2 Å². The number of hydrogen-bond acceptors (Lipinski definition) is 9. The van der Waals surface area contributed by atoms with E-state index in [-0.39, 0.29) is 31.3 Å². The number of amides is 1. The van der Waals surface area contributed by atoms with Gasteiger partial charge >= 0.3 is 0 Å². The molecule has 3 aromatic rings. The lowest BCUT2D eigenvalue weighted by molar-refractivity contribution is -0.122. The second-order valence-electron chi connectivity index (χ2n) is 9.72. The molecule has 0 saturated carbocycles. The molecule has 1 unspecified atom stereocenters. The maximum atomic E-state index is 13.0. The molecule has 0 aliphatic carbocycles. The molecule has 1 saturated heterocycles. The van der Waals surface area contributed by atoms with E-state index in [1.807, 2.05) is 17.0 Å². The van der Waals surface area contributed by atoms with Gasteiger partial charge in [0, 0.05) is 51.1 Å². The van der Waals surface area contributed by atoms with E-state index in [1.54, 1.807) is 49.6 Å². The van der Waals surface area contributed by atoms with Crippen molar-refractivity contribution in [2.75, 3.05) is 45.0 Å². The number of ether oxygens (including phenoxy) is 2. The first-order chi connectivity index (χ1) is 18.6. The van der Waals surface area contributed by atoms with Crippen LogP contribution < -0.4 is 19.7 Å². The molecule has 0 radical (unpaired) electrons. The van der Waals surface area contributed by atoms with Gasteiger partial charge in [0.05, 0.1) is 32.2 Å². The van der Waals surface area contributed by atoms with Crippen molar-refractivity contribution < 1.29 is 22.7 Å². The summed E-state index contributed by atoms with van der Waals surface area (Å²) in [5, 5.41) is 2.90. The van der Waals surface area contributed by atoms with Gasteiger partial charge in [-0.1, -0.05) is 19.9 Å². The van der Waals surface area contributed by atoms with Crippen LogP contribution in [0.3, 0.4) is 0 Å². The van der Waals surface area contributed by atoms with Gasteiger partial charge in [0.15, 0.2) is 11.5 Å². The molecule has 1 N–H and O–H groups in total. The van der Waals surface area contributed by atoms with Gasteiger partial charge in [-0.3, -0.25) is 9.36 Å². The fraction of sp³-hybridized carbons (Fsp3) is 0.462. The Morgan fingerprint density at radius 1 is 1.13 bits per heavy atom. The summed E-state index contributed by atoms with van der Waals surface area (Å²) in [7, 11) is -0.414. The number of benzene rings is 1. The number of nitrogens with one attached hydrogen (secondary N) is 1. The van der Waals surface area contributed by atoms with Gasteiger partial charge in [0.2, 0.25) is 21.9 Å². The smallest absolute Gasteiger partial charge is 0.237 e. The maximum Gasteiger partial charge on any atom is 0.237 e. The molecule has 1 atom stereocenters. The second kappa shape index (κ2) is 12.0. The van der Waals surface area contributed by atoms with E-state index in [0.29, 0.717) is 36.4 Å². The minimum atomic E-state index is -3.52. The number of anilines is 1. The molecule has 13 heteroatoms. The Hall–Kier alpha value is -3.71. The fourth-order valence-corrected chi connectivity index (χ4v) is 5.61.